The number of carboxylic acid groups (broad SMARTS) is 1. The van der Waals surface area contributed by atoms with Gasteiger partial charge in [-0.05, 0) is 60.8 Å². The Morgan fingerprint density at radius 3 is 2.41 bits per heavy atom. The molecule has 1 spiro atoms. The summed E-state index contributed by atoms with van der Waals surface area (Å²) in [6.07, 6.45) is 6.72. The van der Waals surface area contributed by atoms with Crippen molar-refractivity contribution in [2.75, 3.05) is 32.1 Å². The van der Waals surface area contributed by atoms with Crippen molar-refractivity contribution in [3.8, 4) is 22.4 Å². The van der Waals surface area contributed by atoms with Gasteiger partial charge in [-0.2, -0.15) is 14.7 Å². The molecule has 2 aromatic heterocycles. The third-order valence-corrected chi connectivity index (χ3v) is 8.13. The van der Waals surface area contributed by atoms with Crippen molar-refractivity contribution in [3.63, 3.8) is 0 Å². The first-order valence-corrected chi connectivity index (χ1v) is 13.6. The number of hydrogen-bond acceptors (Lipinski definition) is 6. The first kappa shape index (κ1) is 25.1. The number of carboxylic acids is 1. The molecule has 0 amide bonds. The highest BCUT2D eigenvalue weighted by atomic mass is 16.4. The molecule has 1 aliphatic heterocycles. The minimum atomic E-state index is -0.852. The van der Waals surface area contributed by atoms with Crippen LogP contribution in [0.5, 0.6) is 0 Å². The first-order chi connectivity index (χ1) is 18.8. The monoisotopic (exact) mass is 522 g/mol. The van der Waals surface area contributed by atoms with Crippen LogP contribution < -0.4 is 4.90 Å². The van der Waals surface area contributed by atoms with E-state index >= 15 is 0 Å². The van der Waals surface area contributed by atoms with Crippen LogP contribution in [-0.4, -0.2) is 64.1 Å². The number of carbonyl (C=O) groups is 1. The van der Waals surface area contributed by atoms with E-state index in [4.69, 9.17) is 10.1 Å². The zero-order chi connectivity index (χ0) is 27.1. The van der Waals surface area contributed by atoms with Gasteiger partial charge in [0.25, 0.3) is 0 Å². The van der Waals surface area contributed by atoms with Gasteiger partial charge < -0.3 is 15.0 Å². The van der Waals surface area contributed by atoms with Crippen LogP contribution in [0.25, 0.3) is 28.0 Å². The number of fused-ring (bicyclic) bond motifs is 1. The predicted molar refractivity (Wildman–Crippen MR) is 154 cm³/mol. The molecular weight excluding hydrogens is 488 g/mol. The van der Waals surface area contributed by atoms with E-state index in [0.29, 0.717) is 5.41 Å². The van der Waals surface area contributed by atoms with Crippen molar-refractivity contribution in [2.45, 2.75) is 39.0 Å². The lowest BCUT2D eigenvalue weighted by Crippen LogP contribution is -2.37. The molecule has 4 aromatic rings. The number of benzene rings is 2. The zero-order valence-electron chi connectivity index (χ0n) is 22.8. The van der Waals surface area contributed by atoms with Crippen LogP contribution in [0.3, 0.4) is 0 Å². The van der Waals surface area contributed by atoms with Gasteiger partial charge in [0.1, 0.15) is 5.82 Å². The Balaban J connectivity index is 1.37. The van der Waals surface area contributed by atoms with Crippen molar-refractivity contribution in [2.24, 2.45) is 10.5 Å². The number of aryl methyl sites for hydroxylation is 1. The largest absolute Gasteiger partial charge is 0.481 e. The molecule has 3 heterocycles. The Hall–Kier alpha value is -4.20. The molecule has 0 atom stereocenters. The standard InChI is InChI=1S/C31H34N6O2/c1-21-26(18-29(38)39)30(36-15-13-31(11-12-31)14-16-36)37-28(33-21)19-27(34-37)25-6-4-5-24(17-25)23-9-7-22(8-10-23)20-32-35(2)3/h4-10,17,19-20H,11-16,18H2,1-3H3,(H,38,39)/b32-20-. The van der Waals surface area contributed by atoms with Gasteiger partial charge in [-0.25, -0.2) is 4.98 Å². The molecule has 6 rings (SSSR count). The summed E-state index contributed by atoms with van der Waals surface area (Å²) in [4.78, 5) is 18.9. The molecule has 1 saturated carbocycles. The summed E-state index contributed by atoms with van der Waals surface area (Å²) in [5, 5.41) is 20.8. The molecule has 0 radical (unpaired) electrons. The van der Waals surface area contributed by atoms with Crippen molar-refractivity contribution < 1.29 is 9.90 Å². The minimum Gasteiger partial charge on any atom is -0.481 e. The van der Waals surface area contributed by atoms with Crippen LogP contribution in [0.15, 0.2) is 59.7 Å². The molecule has 2 aromatic carbocycles. The summed E-state index contributed by atoms with van der Waals surface area (Å²) in [6, 6.07) is 18.7. The molecule has 200 valence electrons. The Bertz CT molecular complexity index is 1560. The molecule has 1 N–H and O–H groups in total. The van der Waals surface area contributed by atoms with Gasteiger partial charge in [0.05, 0.1) is 18.3 Å². The van der Waals surface area contributed by atoms with E-state index in [1.54, 1.807) is 5.01 Å². The lowest BCUT2D eigenvalue weighted by Gasteiger charge is -2.35. The molecule has 2 fully saturated rings. The fourth-order valence-electron chi connectivity index (χ4n) is 5.63. The average molecular weight is 523 g/mol. The summed E-state index contributed by atoms with van der Waals surface area (Å²) in [5.41, 5.74) is 7.85. The van der Waals surface area contributed by atoms with Crippen LogP contribution in [0.4, 0.5) is 5.82 Å². The van der Waals surface area contributed by atoms with E-state index < -0.39 is 5.97 Å². The zero-order valence-corrected chi connectivity index (χ0v) is 22.8. The number of hydrazone groups is 1. The SMILES string of the molecule is Cc1nc2cc(-c3cccc(-c4ccc(/C=N\N(C)C)cc4)c3)nn2c(N2CCC3(CC2)CC3)c1CC(=O)O. The van der Waals surface area contributed by atoms with E-state index in [0.717, 1.165) is 76.6 Å². The molecule has 1 saturated heterocycles. The summed E-state index contributed by atoms with van der Waals surface area (Å²) in [6.45, 7) is 3.75. The molecule has 0 unspecified atom stereocenters. The molecular formula is C31H34N6O2. The van der Waals surface area contributed by atoms with E-state index in [9.17, 15) is 9.90 Å². The normalized spacial score (nSPS) is 16.3. The van der Waals surface area contributed by atoms with Gasteiger partial charge in [0.2, 0.25) is 0 Å². The molecule has 8 nitrogen and oxygen atoms in total. The Kier molecular flexibility index (Phi) is 6.33. The second-order valence-electron chi connectivity index (χ2n) is 11.2. The fraction of sp³-hybridized carbons (Fsp3) is 0.355. The average Bonchev–Trinajstić information content (AvgIpc) is 3.55. The lowest BCUT2D eigenvalue weighted by atomic mass is 9.93. The Morgan fingerprint density at radius 1 is 1.03 bits per heavy atom. The van der Waals surface area contributed by atoms with Crippen LogP contribution in [0.1, 0.15) is 42.5 Å². The highest BCUT2D eigenvalue weighted by Crippen LogP contribution is 2.54. The highest BCUT2D eigenvalue weighted by Gasteiger charge is 2.45. The predicted octanol–water partition coefficient (Wildman–Crippen LogP) is 5.27. The Morgan fingerprint density at radius 2 is 1.74 bits per heavy atom. The van der Waals surface area contributed by atoms with Gasteiger partial charge >= 0.3 is 5.97 Å². The van der Waals surface area contributed by atoms with Crippen molar-refractivity contribution >= 4 is 23.6 Å². The molecule has 39 heavy (non-hydrogen) atoms. The maximum atomic E-state index is 11.8. The third kappa shape index (κ3) is 5.11. The number of nitrogens with zero attached hydrogens (tertiary/aromatic N) is 6. The quantitative estimate of drug-likeness (QED) is 0.263. The van der Waals surface area contributed by atoms with E-state index in [1.807, 2.05) is 43.9 Å². The van der Waals surface area contributed by atoms with Crippen molar-refractivity contribution in [3.05, 3.63) is 71.4 Å². The van der Waals surface area contributed by atoms with Crippen molar-refractivity contribution in [1.29, 1.82) is 0 Å². The summed E-state index contributed by atoms with van der Waals surface area (Å²) in [5.74, 6) is 0.0306. The van der Waals surface area contributed by atoms with Gasteiger partial charge in [0, 0.05) is 50.1 Å². The van der Waals surface area contributed by atoms with Crippen LogP contribution in [0, 0.1) is 12.3 Å². The van der Waals surface area contributed by atoms with Crippen LogP contribution in [-0.2, 0) is 11.2 Å². The van der Waals surface area contributed by atoms with E-state index in [1.165, 1.54) is 12.8 Å². The smallest absolute Gasteiger partial charge is 0.308 e. The number of aromatic nitrogens is 3. The molecule has 1 aliphatic carbocycles. The van der Waals surface area contributed by atoms with Crippen molar-refractivity contribution in [1.82, 2.24) is 19.6 Å². The van der Waals surface area contributed by atoms with Gasteiger partial charge in [-0.15, -0.1) is 0 Å². The number of anilines is 1. The first-order valence-electron chi connectivity index (χ1n) is 13.6. The van der Waals surface area contributed by atoms with Crippen LogP contribution >= 0.6 is 0 Å². The third-order valence-electron chi connectivity index (χ3n) is 8.13. The fourth-order valence-corrected chi connectivity index (χ4v) is 5.63. The maximum absolute atomic E-state index is 11.8. The second-order valence-corrected chi connectivity index (χ2v) is 11.2. The summed E-state index contributed by atoms with van der Waals surface area (Å²) < 4.78 is 1.87. The maximum Gasteiger partial charge on any atom is 0.308 e. The Labute approximate surface area is 228 Å². The minimum absolute atomic E-state index is 0.0638. The molecule has 2 aliphatic rings. The van der Waals surface area contributed by atoms with E-state index in [2.05, 4.69) is 52.5 Å². The number of piperidine rings is 1. The topological polar surface area (TPSA) is 86.3 Å². The second kappa shape index (κ2) is 9.84. The van der Waals surface area contributed by atoms with Gasteiger partial charge in [0.15, 0.2) is 5.65 Å². The highest BCUT2D eigenvalue weighted by molar-refractivity contribution is 5.81. The summed E-state index contributed by atoms with van der Waals surface area (Å²) >= 11 is 0. The lowest BCUT2D eigenvalue weighted by molar-refractivity contribution is -0.136. The number of rotatable bonds is 7. The van der Waals surface area contributed by atoms with E-state index in [-0.39, 0.29) is 6.42 Å². The van der Waals surface area contributed by atoms with Gasteiger partial charge in [-0.3, -0.25) is 4.79 Å². The van der Waals surface area contributed by atoms with Crippen LogP contribution in [0.2, 0.25) is 0 Å². The molecule has 0 bridgehead atoms. The summed E-state index contributed by atoms with van der Waals surface area (Å²) in [7, 11) is 3.80. The molecule has 8 heteroatoms. The van der Waals surface area contributed by atoms with Gasteiger partial charge in [-0.1, -0.05) is 42.5 Å². The number of aliphatic carboxylic acids is 1. The number of hydrogen-bond donors (Lipinski definition) is 1.